The lowest BCUT2D eigenvalue weighted by atomic mass is 9.98. The quantitative estimate of drug-likeness (QED) is 0.613. The van der Waals surface area contributed by atoms with Crippen LogP contribution in [-0.4, -0.2) is 23.3 Å². The van der Waals surface area contributed by atoms with Gasteiger partial charge in [-0.25, -0.2) is 4.79 Å². The topological polar surface area (TPSA) is 49.8 Å². The molecular weight excluding hydrogens is 228 g/mol. The maximum Gasteiger partial charge on any atom is 0.327 e. The largest absolute Gasteiger partial charge is 0.478 e. The van der Waals surface area contributed by atoms with E-state index >= 15 is 0 Å². The number of ether oxygens (including phenoxy) is 1. The first kappa shape index (κ1) is 12.6. The first-order valence-electron chi connectivity index (χ1n) is 5.93. The van der Waals surface area contributed by atoms with Crippen LogP contribution in [0.2, 0.25) is 0 Å². The van der Waals surface area contributed by atoms with E-state index in [4.69, 9.17) is 9.84 Å². The Labute approximate surface area is 106 Å². The van der Waals surface area contributed by atoms with Gasteiger partial charge in [0.25, 0.3) is 0 Å². The molecule has 3 heteroatoms. The molecule has 1 saturated heterocycles. The second-order valence-electron chi connectivity index (χ2n) is 4.30. The number of hydrogen-bond acceptors (Lipinski definition) is 2. The predicted molar refractivity (Wildman–Crippen MR) is 70.0 cm³/mol. The Morgan fingerprint density at radius 3 is 1.61 bits per heavy atom. The van der Waals surface area contributed by atoms with Gasteiger partial charge in [0.05, 0.1) is 12.2 Å². The third kappa shape index (κ3) is 3.08. The fourth-order valence-corrected chi connectivity index (χ4v) is 2.09. The van der Waals surface area contributed by atoms with Crippen LogP contribution in [0.3, 0.4) is 0 Å². The molecule has 1 N–H and O–H groups in total. The first-order valence-corrected chi connectivity index (χ1v) is 5.93. The minimum Gasteiger partial charge on any atom is -0.478 e. The molecule has 0 radical (unpaired) electrons. The summed E-state index contributed by atoms with van der Waals surface area (Å²) in [6.45, 7) is 2.96. The van der Waals surface area contributed by atoms with Gasteiger partial charge in [0.2, 0.25) is 0 Å². The van der Waals surface area contributed by atoms with Crippen molar-refractivity contribution < 1.29 is 14.6 Å². The van der Waals surface area contributed by atoms with Crippen LogP contribution in [0.4, 0.5) is 0 Å². The fraction of sp³-hybridized carbons (Fsp3) is 0.267. The van der Waals surface area contributed by atoms with Crippen molar-refractivity contribution in [3.63, 3.8) is 0 Å². The van der Waals surface area contributed by atoms with Gasteiger partial charge < -0.3 is 9.84 Å². The normalized spacial score (nSPS) is 28.2. The Hall–Kier alpha value is -1.87. The first-order chi connectivity index (χ1) is 8.72. The molecule has 0 aromatic heterocycles. The van der Waals surface area contributed by atoms with E-state index < -0.39 is 5.97 Å². The molecular formula is C15H16O3. The zero-order valence-electron chi connectivity index (χ0n) is 9.98. The molecule has 1 fully saturated rings. The fourth-order valence-electron chi connectivity index (χ4n) is 2.09. The van der Waals surface area contributed by atoms with E-state index in [9.17, 15) is 4.79 Å². The molecule has 0 amide bonds. The van der Waals surface area contributed by atoms with Gasteiger partial charge >= 0.3 is 5.97 Å². The van der Waals surface area contributed by atoms with E-state index in [2.05, 4.69) is 55.2 Å². The molecule has 94 valence electrons. The van der Waals surface area contributed by atoms with Crippen LogP contribution in [0.15, 0.2) is 61.3 Å². The highest BCUT2D eigenvalue weighted by atomic mass is 16.6. The zero-order valence-corrected chi connectivity index (χ0v) is 9.98. The average Bonchev–Trinajstić information content (AvgIpc) is 2.87. The molecule has 2 aliphatic carbocycles. The van der Waals surface area contributed by atoms with Gasteiger partial charge in [-0.3, -0.25) is 0 Å². The van der Waals surface area contributed by atoms with E-state index in [1.165, 1.54) is 0 Å². The van der Waals surface area contributed by atoms with Gasteiger partial charge in [-0.15, -0.1) is 0 Å². The van der Waals surface area contributed by atoms with Gasteiger partial charge in [-0.2, -0.15) is 0 Å². The molecule has 0 bridgehead atoms. The van der Waals surface area contributed by atoms with E-state index in [0.717, 1.165) is 6.08 Å². The minimum absolute atomic E-state index is 0.424. The molecule has 3 nitrogen and oxygen atoms in total. The Morgan fingerprint density at radius 2 is 1.33 bits per heavy atom. The van der Waals surface area contributed by atoms with Gasteiger partial charge in [0.15, 0.2) is 0 Å². The van der Waals surface area contributed by atoms with Crippen LogP contribution in [0.25, 0.3) is 0 Å². The summed E-state index contributed by atoms with van der Waals surface area (Å²) < 4.78 is 5.68. The highest BCUT2D eigenvalue weighted by molar-refractivity contribution is 5.78. The SMILES string of the molecule is C1=CC(C2OC2C2C=CC=C2)C=C1.C=CC(=O)O. The zero-order chi connectivity index (χ0) is 13.0. The van der Waals surface area contributed by atoms with E-state index in [1.807, 2.05) is 0 Å². The molecule has 0 aromatic rings. The molecule has 18 heavy (non-hydrogen) atoms. The number of carboxylic acid groups (broad SMARTS) is 1. The predicted octanol–water partition coefficient (Wildman–Crippen LogP) is 2.50. The molecule has 1 heterocycles. The molecule has 3 aliphatic rings. The van der Waals surface area contributed by atoms with Crippen molar-refractivity contribution in [3.05, 3.63) is 61.3 Å². The molecule has 2 atom stereocenters. The van der Waals surface area contributed by atoms with E-state index in [-0.39, 0.29) is 0 Å². The summed E-state index contributed by atoms with van der Waals surface area (Å²) in [6, 6.07) is 0. The lowest BCUT2D eigenvalue weighted by Crippen LogP contribution is -2.09. The van der Waals surface area contributed by atoms with Crippen LogP contribution in [-0.2, 0) is 9.53 Å². The standard InChI is InChI=1S/C12H12O.C3H4O2/c1-2-6-9(5-1)11-12(13-11)10-7-3-4-8-10;1-2-3(4)5/h1-12H;2H,1H2,(H,4,5). The Bertz CT molecular complexity index is 387. The van der Waals surface area contributed by atoms with Crippen molar-refractivity contribution >= 4 is 5.97 Å². The average molecular weight is 244 g/mol. The number of allylic oxidation sites excluding steroid dienone is 4. The molecule has 1 aliphatic heterocycles. The van der Waals surface area contributed by atoms with Crippen LogP contribution < -0.4 is 0 Å². The highest BCUT2D eigenvalue weighted by Gasteiger charge is 2.46. The molecule has 3 rings (SSSR count). The van der Waals surface area contributed by atoms with Crippen molar-refractivity contribution in [2.24, 2.45) is 11.8 Å². The number of aliphatic carboxylic acids is 1. The van der Waals surface area contributed by atoms with E-state index in [1.54, 1.807) is 0 Å². The number of carbonyl (C=O) groups is 1. The molecule has 0 spiro atoms. The van der Waals surface area contributed by atoms with Crippen LogP contribution in [0.1, 0.15) is 0 Å². The van der Waals surface area contributed by atoms with Crippen molar-refractivity contribution in [1.82, 2.24) is 0 Å². The number of rotatable bonds is 3. The minimum atomic E-state index is -0.981. The summed E-state index contributed by atoms with van der Waals surface area (Å²) in [7, 11) is 0. The summed E-state index contributed by atoms with van der Waals surface area (Å²) in [5.74, 6) is 0.0600. The van der Waals surface area contributed by atoms with Crippen LogP contribution in [0.5, 0.6) is 0 Å². The maximum atomic E-state index is 9.25. The lowest BCUT2D eigenvalue weighted by Gasteiger charge is -2.01. The molecule has 0 saturated carbocycles. The van der Waals surface area contributed by atoms with Gasteiger partial charge in [0, 0.05) is 17.9 Å². The second-order valence-corrected chi connectivity index (χ2v) is 4.30. The van der Waals surface area contributed by atoms with Gasteiger partial charge in [0.1, 0.15) is 0 Å². The summed E-state index contributed by atoms with van der Waals surface area (Å²) in [5.41, 5.74) is 0. The van der Waals surface area contributed by atoms with Crippen molar-refractivity contribution in [1.29, 1.82) is 0 Å². The monoisotopic (exact) mass is 244 g/mol. The van der Waals surface area contributed by atoms with Crippen molar-refractivity contribution in [2.45, 2.75) is 12.2 Å². The summed E-state index contributed by atoms with van der Waals surface area (Å²) in [5, 5.41) is 7.60. The Balaban J connectivity index is 0.000000209. The van der Waals surface area contributed by atoms with Crippen LogP contribution in [0, 0.1) is 11.8 Å². The third-order valence-electron chi connectivity index (χ3n) is 3.05. The summed E-state index contributed by atoms with van der Waals surface area (Å²) in [4.78, 5) is 9.25. The van der Waals surface area contributed by atoms with Crippen molar-refractivity contribution in [2.75, 3.05) is 0 Å². The lowest BCUT2D eigenvalue weighted by molar-refractivity contribution is -0.131. The number of hydrogen-bond donors (Lipinski definition) is 1. The van der Waals surface area contributed by atoms with Gasteiger partial charge in [-0.05, 0) is 0 Å². The van der Waals surface area contributed by atoms with Gasteiger partial charge in [-0.1, -0.05) is 55.2 Å². The maximum absolute atomic E-state index is 9.25. The third-order valence-corrected chi connectivity index (χ3v) is 3.05. The second kappa shape index (κ2) is 5.65. The van der Waals surface area contributed by atoms with Crippen LogP contribution >= 0.6 is 0 Å². The number of epoxide rings is 1. The highest BCUT2D eigenvalue weighted by Crippen LogP contribution is 2.39. The van der Waals surface area contributed by atoms with Crippen molar-refractivity contribution in [3.8, 4) is 0 Å². The van der Waals surface area contributed by atoms with E-state index in [0.29, 0.717) is 24.0 Å². The summed E-state index contributed by atoms with van der Waals surface area (Å²) in [6.07, 6.45) is 18.9. The Morgan fingerprint density at radius 1 is 1.00 bits per heavy atom. The number of carboxylic acids is 1. The summed E-state index contributed by atoms with van der Waals surface area (Å²) >= 11 is 0. The molecule has 0 aromatic carbocycles. The Kier molecular flexibility index (Phi) is 3.95. The molecule has 2 unspecified atom stereocenters. The smallest absolute Gasteiger partial charge is 0.327 e.